The van der Waals surface area contributed by atoms with Crippen molar-refractivity contribution in [3.05, 3.63) is 54.5 Å². The van der Waals surface area contributed by atoms with Crippen molar-refractivity contribution in [2.75, 3.05) is 23.0 Å². The van der Waals surface area contributed by atoms with Crippen LogP contribution >= 0.6 is 0 Å². The van der Waals surface area contributed by atoms with Crippen LogP contribution in [0.5, 0.6) is 0 Å². The molecule has 0 N–H and O–H groups in total. The van der Waals surface area contributed by atoms with Crippen molar-refractivity contribution in [2.24, 2.45) is 7.05 Å². The lowest BCUT2D eigenvalue weighted by Crippen LogP contribution is -2.40. The molecule has 3 aromatic rings. The van der Waals surface area contributed by atoms with E-state index in [1.807, 2.05) is 44.4 Å². The standard InChI is InChI=1S/C24H28N6O4/c1-16(17-6-8-18(9-7-17)19-14-26-28(5)15-19)30(23(32)34-24(2,3)4)21-25-11-10-20(27-21)29-12-13-33-22(29)31/h6-11,14-16H,12-13H2,1-5H3. The lowest BCUT2D eigenvalue weighted by atomic mass is 10.0. The first-order chi connectivity index (χ1) is 16.1. The summed E-state index contributed by atoms with van der Waals surface area (Å²) in [7, 11) is 1.87. The molecule has 10 heteroatoms. The SMILES string of the molecule is CC(c1ccc(-c2cnn(C)c2)cc1)N(C(=O)OC(C)(C)C)c1nccc(N2CCOC2=O)n1. The molecule has 1 aliphatic rings. The Labute approximate surface area is 198 Å². The maximum absolute atomic E-state index is 13.3. The van der Waals surface area contributed by atoms with Crippen LogP contribution in [0.15, 0.2) is 48.9 Å². The number of aryl methyl sites for hydroxylation is 1. The molecule has 1 fully saturated rings. The van der Waals surface area contributed by atoms with Crippen LogP contribution in [-0.2, 0) is 16.5 Å². The highest BCUT2D eigenvalue weighted by atomic mass is 16.6. The van der Waals surface area contributed by atoms with Gasteiger partial charge in [-0.05, 0) is 44.9 Å². The average molecular weight is 465 g/mol. The molecular formula is C24H28N6O4. The molecule has 1 aromatic carbocycles. The van der Waals surface area contributed by atoms with E-state index in [2.05, 4.69) is 15.1 Å². The molecule has 1 saturated heterocycles. The number of carbonyl (C=O) groups excluding carboxylic acids is 2. The van der Waals surface area contributed by atoms with Crippen molar-refractivity contribution in [2.45, 2.75) is 39.3 Å². The van der Waals surface area contributed by atoms with Crippen LogP contribution in [0, 0.1) is 0 Å². The van der Waals surface area contributed by atoms with Gasteiger partial charge in [0.1, 0.15) is 18.0 Å². The zero-order chi connectivity index (χ0) is 24.5. The van der Waals surface area contributed by atoms with E-state index in [4.69, 9.17) is 9.47 Å². The van der Waals surface area contributed by atoms with Gasteiger partial charge in [-0.2, -0.15) is 10.1 Å². The van der Waals surface area contributed by atoms with Crippen molar-refractivity contribution in [3.8, 4) is 11.1 Å². The van der Waals surface area contributed by atoms with Crippen molar-refractivity contribution >= 4 is 24.0 Å². The van der Waals surface area contributed by atoms with E-state index in [1.54, 1.807) is 37.7 Å². The molecule has 2 aromatic heterocycles. The number of rotatable bonds is 5. The van der Waals surface area contributed by atoms with Crippen molar-refractivity contribution in [1.29, 1.82) is 0 Å². The minimum atomic E-state index is -0.713. The van der Waals surface area contributed by atoms with Crippen LogP contribution in [-0.4, -0.2) is 50.7 Å². The summed E-state index contributed by atoms with van der Waals surface area (Å²) >= 11 is 0. The molecule has 34 heavy (non-hydrogen) atoms. The maximum Gasteiger partial charge on any atom is 0.417 e. The molecule has 1 atom stereocenters. The van der Waals surface area contributed by atoms with Gasteiger partial charge in [-0.3, -0.25) is 9.58 Å². The zero-order valence-electron chi connectivity index (χ0n) is 19.9. The Hall–Kier alpha value is -3.95. The summed E-state index contributed by atoms with van der Waals surface area (Å²) in [5.74, 6) is 0.496. The van der Waals surface area contributed by atoms with Crippen LogP contribution in [0.3, 0.4) is 0 Å². The quantitative estimate of drug-likeness (QED) is 0.553. The monoisotopic (exact) mass is 464 g/mol. The largest absolute Gasteiger partial charge is 0.447 e. The zero-order valence-corrected chi connectivity index (χ0v) is 19.9. The summed E-state index contributed by atoms with van der Waals surface area (Å²) in [6, 6.07) is 9.02. The number of ether oxygens (including phenoxy) is 2. The van der Waals surface area contributed by atoms with Gasteiger partial charge in [0.25, 0.3) is 0 Å². The first-order valence-electron chi connectivity index (χ1n) is 11.0. The van der Waals surface area contributed by atoms with Gasteiger partial charge in [0.2, 0.25) is 5.95 Å². The summed E-state index contributed by atoms with van der Waals surface area (Å²) in [5, 5.41) is 4.22. The number of amides is 2. The molecule has 1 unspecified atom stereocenters. The number of aromatic nitrogens is 4. The highest BCUT2D eigenvalue weighted by Gasteiger charge is 2.32. The van der Waals surface area contributed by atoms with Crippen molar-refractivity contribution in [1.82, 2.24) is 19.7 Å². The van der Waals surface area contributed by atoms with Gasteiger partial charge in [-0.1, -0.05) is 24.3 Å². The van der Waals surface area contributed by atoms with Gasteiger partial charge in [0, 0.05) is 25.0 Å². The molecule has 2 amide bonds. The Kier molecular flexibility index (Phi) is 6.23. The second-order valence-electron chi connectivity index (χ2n) is 9.03. The number of carbonyl (C=O) groups is 2. The highest BCUT2D eigenvalue weighted by Crippen LogP contribution is 2.30. The van der Waals surface area contributed by atoms with Crippen LogP contribution < -0.4 is 9.80 Å². The van der Waals surface area contributed by atoms with Gasteiger partial charge in [0.15, 0.2) is 0 Å². The Bertz CT molecular complexity index is 1180. The van der Waals surface area contributed by atoms with Crippen LogP contribution in [0.2, 0.25) is 0 Å². The number of cyclic esters (lactones) is 1. The third-order valence-electron chi connectivity index (χ3n) is 5.29. The lowest BCUT2D eigenvalue weighted by molar-refractivity contribution is 0.0565. The second kappa shape index (κ2) is 9.12. The Balaban J connectivity index is 1.67. The van der Waals surface area contributed by atoms with E-state index >= 15 is 0 Å². The highest BCUT2D eigenvalue weighted by molar-refractivity contribution is 5.90. The molecule has 0 saturated carbocycles. The van der Waals surface area contributed by atoms with Gasteiger partial charge in [0.05, 0.1) is 18.8 Å². The van der Waals surface area contributed by atoms with Crippen molar-refractivity contribution < 1.29 is 19.1 Å². The Morgan fingerprint density at radius 3 is 2.50 bits per heavy atom. The third kappa shape index (κ3) is 5.00. The molecule has 3 heterocycles. The maximum atomic E-state index is 13.3. The third-order valence-corrected chi connectivity index (χ3v) is 5.29. The fraction of sp³-hybridized carbons (Fsp3) is 0.375. The molecule has 178 valence electrons. The van der Waals surface area contributed by atoms with E-state index in [1.165, 1.54) is 16.0 Å². The molecule has 1 aliphatic heterocycles. The van der Waals surface area contributed by atoms with Gasteiger partial charge in [-0.15, -0.1) is 0 Å². The predicted octanol–water partition coefficient (Wildman–Crippen LogP) is 4.34. The van der Waals surface area contributed by atoms with Gasteiger partial charge < -0.3 is 9.47 Å². The molecule has 4 rings (SSSR count). The Morgan fingerprint density at radius 2 is 1.91 bits per heavy atom. The predicted molar refractivity (Wildman–Crippen MR) is 126 cm³/mol. The minimum Gasteiger partial charge on any atom is -0.447 e. The number of anilines is 2. The van der Waals surface area contributed by atoms with E-state index in [-0.39, 0.29) is 12.6 Å². The Morgan fingerprint density at radius 1 is 1.18 bits per heavy atom. The topological polar surface area (TPSA) is 103 Å². The van der Waals surface area contributed by atoms with Gasteiger partial charge >= 0.3 is 12.2 Å². The minimum absolute atomic E-state index is 0.135. The number of hydrogen-bond acceptors (Lipinski definition) is 7. The molecule has 10 nitrogen and oxygen atoms in total. The number of benzene rings is 1. The van der Waals surface area contributed by atoms with Crippen molar-refractivity contribution in [3.63, 3.8) is 0 Å². The first-order valence-corrected chi connectivity index (χ1v) is 11.0. The van der Waals surface area contributed by atoms with E-state index < -0.39 is 23.8 Å². The summed E-state index contributed by atoms with van der Waals surface area (Å²) in [5.41, 5.74) is 2.17. The smallest absolute Gasteiger partial charge is 0.417 e. The molecule has 0 aliphatic carbocycles. The molecule has 0 spiro atoms. The van der Waals surface area contributed by atoms with Crippen LogP contribution in [0.1, 0.15) is 39.3 Å². The molecular weight excluding hydrogens is 436 g/mol. The number of hydrogen-bond donors (Lipinski definition) is 0. The summed E-state index contributed by atoms with van der Waals surface area (Å²) in [6.07, 6.45) is 4.19. The average Bonchev–Trinajstić information content (AvgIpc) is 3.41. The summed E-state index contributed by atoms with van der Waals surface area (Å²) in [4.78, 5) is 36.9. The molecule has 0 radical (unpaired) electrons. The van der Waals surface area contributed by atoms with E-state index in [0.29, 0.717) is 12.4 Å². The normalized spacial score (nSPS) is 14.6. The summed E-state index contributed by atoms with van der Waals surface area (Å²) in [6.45, 7) is 7.94. The van der Waals surface area contributed by atoms with Crippen LogP contribution in [0.4, 0.5) is 21.4 Å². The fourth-order valence-electron chi connectivity index (χ4n) is 3.60. The second-order valence-corrected chi connectivity index (χ2v) is 9.03. The summed E-state index contributed by atoms with van der Waals surface area (Å²) < 4.78 is 12.4. The van der Waals surface area contributed by atoms with Gasteiger partial charge in [-0.25, -0.2) is 19.5 Å². The molecule has 0 bridgehead atoms. The van der Waals surface area contributed by atoms with E-state index in [0.717, 1.165) is 16.7 Å². The number of nitrogens with zero attached hydrogens (tertiary/aromatic N) is 6. The van der Waals surface area contributed by atoms with E-state index in [9.17, 15) is 9.59 Å². The van der Waals surface area contributed by atoms with Crippen LogP contribution in [0.25, 0.3) is 11.1 Å². The lowest BCUT2D eigenvalue weighted by Gasteiger charge is -2.30. The fourth-order valence-corrected chi connectivity index (χ4v) is 3.60. The first kappa shape index (κ1) is 23.2.